The summed E-state index contributed by atoms with van der Waals surface area (Å²) in [7, 11) is 1.47. The number of nitriles is 1. The van der Waals surface area contributed by atoms with E-state index >= 15 is 0 Å². The number of hydrogen-bond donors (Lipinski definition) is 2. The van der Waals surface area contributed by atoms with E-state index in [1.54, 1.807) is 30.3 Å². The van der Waals surface area contributed by atoms with E-state index in [0.29, 0.717) is 28.4 Å². The number of fused-ring (bicyclic) bond motifs is 1. The lowest BCUT2D eigenvalue weighted by atomic mass is 10.1. The van der Waals surface area contributed by atoms with Crippen LogP contribution in [0.2, 0.25) is 5.02 Å². The number of hydrogen-bond acceptors (Lipinski definition) is 5. The lowest BCUT2D eigenvalue weighted by molar-refractivity contribution is -0.118. The van der Waals surface area contributed by atoms with Gasteiger partial charge in [0.1, 0.15) is 11.9 Å². The first-order valence-electron chi connectivity index (χ1n) is 9.99. The van der Waals surface area contributed by atoms with Gasteiger partial charge in [-0.15, -0.1) is 0 Å². The van der Waals surface area contributed by atoms with E-state index in [2.05, 4.69) is 21.4 Å². The molecule has 0 aliphatic rings. The quantitative estimate of drug-likeness (QED) is 0.366. The highest BCUT2D eigenvalue weighted by Crippen LogP contribution is 2.37. The van der Waals surface area contributed by atoms with E-state index < -0.39 is 0 Å². The van der Waals surface area contributed by atoms with Gasteiger partial charge in [-0.1, -0.05) is 41.9 Å². The summed E-state index contributed by atoms with van der Waals surface area (Å²) in [6.45, 7) is -0.247. The first-order chi connectivity index (χ1) is 16.1. The highest BCUT2D eigenvalue weighted by Gasteiger charge is 2.15. The number of carbonyl (C=O) groups is 1. The zero-order valence-electron chi connectivity index (χ0n) is 17.6. The number of methoxy groups -OCH3 is 1. The number of rotatable bonds is 7. The molecule has 4 aromatic rings. The molecule has 1 aromatic heterocycles. The monoisotopic (exact) mass is 458 g/mol. The van der Waals surface area contributed by atoms with Gasteiger partial charge < -0.3 is 19.8 Å². The number of carbonyl (C=O) groups excluding carboxylic acids is 1. The van der Waals surface area contributed by atoms with Crippen LogP contribution in [0.4, 0.5) is 5.69 Å². The van der Waals surface area contributed by atoms with E-state index in [4.69, 9.17) is 21.1 Å². The molecule has 4 rings (SSSR count). The minimum absolute atomic E-state index is 0.238. The molecule has 1 amide bonds. The second-order valence-electron chi connectivity index (χ2n) is 7.01. The van der Waals surface area contributed by atoms with Gasteiger partial charge in [-0.2, -0.15) is 5.26 Å². The molecule has 1 heterocycles. The SMILES string of the molecule is COc1cc(/C=C(\C#N)c2nc3ccccc3[nH]2)cc(Cl)c1OCC(=O)Nc1ccccc1. The molecular formula is C25H19ClN4O3. The number of anilines is 1. The molecule has 8 heteroatoms. The molecule has 0 fully saturated rings. The Morgan fingerprint density at radius 1 is 1.18 bits per heavy atom. The number of benzene rings is 3. The van der Waals surface area contributed by atoms with Crippen LogP contribution >= 0.6 is 11.6 Å². The largest absolute Gasteiger partial charge is 0.493 e. The number of nitrogens with one attached hydrogen (secondary N) is 2. The number of nitrogens with zero attached hydrogens (tertiary/aromatic N) is 2. The molecule has 0 spiro atoms. The maximum Gasteiger partial charge on any atom is 0.262 e. The Kier molecular flexibility index (Phi) is 6.58. The van der Waals surface area contributed by atoms with Gasteiger partial charge >= 0.3 is 0 Å². The maximum atomic E-state index is 12.2. The molecule has 0 saturated heterocycles. The van der Waals surface area contributed by atoms with Crippen LogP contribution in [0.25, 0.3) is 22.7 Å². The lowest BCUT2D eigenvalue weighted by Gasteiger charge is -2.13. The van der Waals surface area contributed by atoms with Crippen molar-refractivity contribution >= 4 is 45.9 Å². The van der Waals surface area contributed by atoms with Gasteiger partial charge in [-0.25, -0.2) is 4.98 Å². The zero-order valence-corrected chi connectivity index (χ0v) is 18.4. The van der Waals surface area contributed by atoms with Crippen LogP contribution in [0.3, 0.4) is 0 Å². The first-order valence-corrected chi connectivity index (χ1v) is 10.4. The summed E-state index contributed by atoms with van der Waals surface area (Å²) in [5, 5.41) is 12.7. The van der Waals surface area contributed by atoms with Crippen molar-refractivity contribution < 1.29 is 14.3 Å². The number of halogens is 1. The number of aromatic amines is 1. The summed E-state index contributed by atoms with van der Waals surface area (Å²) in [4.78, 5) is 19.8. The average Bonchev–Trinajstić information content (AvgIpc) is 3.26. The highest BCUT2D eigenvalue weighted by atomic mass is 35.5. The standard InChI is InChI=1S/C25H19ClN4O3/c1-32-22-13-16(11-17(14-27)25-29-20-9-5-6-10-21(20)30-25)12-19(26)24(22)33-15-23(31)28-18-7-3-2-4-8-18/h2-13H,15H2,1H3,(H,28,31)(H,29,30)/b17-11+. The summed E-state index contributed by atoms with van der Waals surface area (Å²) in [5.74, 6) is 0.691. The van der Waals surface area contributed by atoms with Crippen LogP contribution in [0, 0.1) is 11.3 Å². The van der Waals surface area contributed by atoms with Gasteiger partial charge in [-0.05, 0) is 48.0 Å². The number of imidazole rings is 1. The van der Waals surface area contributed by atoms with Crippen molar-refractivity contribution in [2.24, 2.45) is 0 Å². The Morgan fingerprint density at radius 3 is 2.67 bits per heavy atom. The normalized spacial score (nSPS) is 11.1. The van der Waals surface area contributed by atoms with Crippen LogP contribution in [0.15, 0.2) is 66.7 Å². The van der Waals surface area contributed by atoms with Crippen molar-refractivity contribution in [2.45, 2.75) is 0 Å². The molecule has 3 aromatic carbocycles. The van der Waals surface area contributed by atoms with Crippen LogP contribution in [-0.4, -0.2) is 29.6 Å². The fourth-order valence-electron chi connectivity index (χ4n) is 3.22. The van der Waals surface area contributed by atoms with Gasteiger partial charge in [-0.3, -0.25) is 4.79 Å². The average molecular weight is 459 g/mol. The topological polar surface area (TPSA) is 100 Å². The van der Waals surface area contributed by atoms with Crippen molar-refractivity contribution in [2.75, 3.05) is 19.0 Å². The van der Waals surface area contributed by atoms with Crippen LogP contribution in [0.1, 0.15) is 11.4 Å². The number of H-pyrrole nitrogens is 1. The van der Waals surface area contributed by atoms with Crippen molar-refractivity contribution in [3.8, 4) is 17.6 Å². The Hall–Kier alpha value is -4.28. The van der Waals surface area contributed by atoms with Crippen molar-refractivity contribution in [3.05, 3.63) is 83.1 Å². The summed E-state index contributed by atoms with van der Waals surface area (Å²) >= 11 is 6.42. The first kappa shape index (κ1) is 21.9. The number of ether oxygens (including phenoxy) is 2. The molecule has 7 nitrogen and oxygen atoms in total. The predicted octanol–water partition coefficient (Wildman–Crippen LogP) is 5.31. The van der Waals surface area contributed by atoms with Crippen LogP contribution < -0.4 is 14.8 Å². The Balaban J connectivity index is 1.55. The number of allylic oxidation sites excluding steroid dienone is 1. The zero-order chi connectivity index (χ0) is 23.2. The molecule has 0 radical (unpaired) electrons. The van der Waals surface area contributed by atoms with Crippen LogP contribution in [-0.2, 0) is 4.79 Å². The van der Waals surface area contributed by atoms with Crippen LogP contribution in [0.5, 0.6) is 11.5 Å². The molecule has 0 aliphatic carbocycles. The molecule has 0 saturated carbocycles. The molecular weight excluding hydrogens is 440 g/mol. The number of amides is 1. The summed E-state index contributed by atoms with van der Waals surface area (Å²) in [5.41, 5.74) is 3.22. The lowest BCUT2D eigenvalue weighted by Crippen LogP contribution is -2.20. The van der Waals surface area contributed by atoms with Crippen molar-refractivity contribution in [1.29, 1.82) is 5.26 Å². The summed E-state index contributed by atoms with van der Waals surface area (Å²) in [6.07, 6.45) is 1.65. The molecule has 0 atom stereocenters. The number of aromatic nitrogens is 2. The Labute approximate surface area is 195 Å². The smallest absolute Gasteiger partial charge is 0.262 e. The van der Waals surface area contributed by atoms with E-state index in [1.807, 2.05) is 42.5 Å². The minimum Gasteiger partial charge on any atom is -0.493 e. The van der Waals surface area contributed by atoms with Gasteiger partial charge in [0.25, 0.3) is 5.91 Å². The minimum atomic E-state index is -0.333. The Morgan fingerprint density at radius 2 is 1.94 bits per heavy atom. The summed E-state index contributed by atoms with van der Waals surface area (Å²) in [6, 6.07) is 22.1. The summed E-state index contributed by atoms with van der Waals surface area (Å²) < 4.78 is 11.0. The second kappa shape index (κ2) is 9.90. The van der Waals surface area contributed by atoms with Crippen molar-refractivity contribution in [3.63, 3.8) is 0 Å². The second-order valence-corrected chi connectivity index (χ2v) is 7.42. The Bertz CT molecular complexity index is 1340. The van der Waals surface area contributed by atoms with E-state index in [0.717, 1.165) is 11.0 Å². The molecule has 0 unspecified atom stereocenters. The van der Waals surface area contributed by atoms with E-state index in [9.17, 15) is 10.1 Å². The van der Waals surface area contributed by atoms with Crippen molar-refractivity contribution in [1.82, 2.24) is 9.97 Å². The predicted molar refractivity (Wildman–Crippen MR) is 128 cm³/mol. The molecule has 0 aliphatic heterocycles. The van der Waals surface area contributed by atoms with E-state index in [-0.39, 0.29) is 23.3 Å². The molecule has 33 heavy (non-hydrogen) atoms. The molecule has 164 valence electrons. The van der Waals surface area contributed by atoms with E-state index in [1.165, 1.54) is 7.11 Å². The maximum absolute atomic E-state index is 12.2. The fraction of sp³-hybridized carbons (Fsp3) is 0.0800. The molecule has 2 N–H and O–H groups in total. The third kappa shape index (κ3) is 5.14. The van der Waals surface area contributed by atoms with Gasteiger partial charge in [0.15, 0.2) is 18.1 Å². The van der Waals surface area contributed by atoms with Gasteiger partial charge in [0.2, 0.25) is 0 Å². The van der Waals surface area contributed by atoms with Gasteiger partial charge in [0.05, 0.1) is 28.7 Å². The third-order valence-corrected chi connectivity index (χ3v) is 5.01. The number of para-hydroxylation sites is 3. The third-order valence-electron chi connectivity index (χ3n) is 4.73. The van der Waals surface area contributed by atoms with Gasteiger partial charge in [0, 0.05) is 5.69 Å². The molecule has 0 bridgehead atoms. The highest BCUT2D eigenvalue weighted by molar-refractivity contribution is 6.32. The fourth-order valence-corrected chi connectivity index (χ4v) is 3.49.